The van der Waals surface area contributed by atoms with Gasteiger partial charge in [0.2, 0.25) is 0 Å². The molecule has 0 saturated heterocycles. The van der Waals surface area contributed by atoms with E-state index < -0.39 is 12.0 Å². The second-order valence-corrected chi connectivity index (χ2v) is 6.87. The van der Waals surface area contributed by atoms with Crippen molar-refractivity contribution in [2.45, 2.75) is 18.6 Å². The van der Waals surface area contributed by atoms with Crippen molar-refractivity contribution in [3.63, 3.8) is 0 Å². The average molecular weight is 347 g/mol. The summed E-state index contributed by atoms with van der Waals surface area (Å²) in [4.78, 5) is 15.0. The number of hydrogen-bond donors (Lipinski definition) is 1. The fraction of sp³-hybridized carbons (Fsp3) is 0.389. The van der Waals surface area contributed by atoms with Crippen LogP contribution in [0.1, 0.15) is 28.1 Å². The second kappa shape index (κ2) is 7.34. The lowest BCUT2D eigenvalue weighted by Gasteiger charge is -2.31. The Morgan fingerprint density at radius 3 is 3.08 bits per heavy atom. The Morgan fingerprint density at radius 2 is 2.33 bits per heavy atom. The average Bonchev–Trinajstić information content (AvgIpc) is 3.04. The predicted octanol–water partition coefficient (Wildman–Crippen LogP) is 3.13. The first-order valence-corrected chi connectivity index (χ1v) is 8.73. The highest BCUT2D eigenvalue weighted by atomic mass is 32.1. The minimum Gasteiger partial charge on any atom is -0.497 e. The van der Waals surface area contributed by atoms with Crippen molar-refractivity contribution in [2.75, 3.05) is 27.3 Å². The van der Waals surface area contributed by atoms with Crippen molar-refractivity contribution < 1.29 is 19.4 Å². The Labute approximate surface area is 145 Å². The Morgan fingerprint density at radius 1 is 1.50 bits per heavy atom. The quantitative estimate of drug-likeness (QED) is 0.870. The van der Waals surface area contributed by atoms with Gasteiger partial charge in [-0.1, -0.05) is 12.1 Å². The van der Waals surface area contributed by atoms with E-state index in [2.05, 4.69) is 11.4 Å². The maximum absolute atomic E-state index is 11.9. The summed E-state index contributed by atoms with van der Waals surface area (Å²) in [5, 5.41) is 11.8. The van der Waals surface area contributed by atoms with Crippen molar-refractivity contribution in [3.8, 4) is 5.75 Å². The van der Waals surface area contributed by atoms with Gasteiger partial charge in [0.15, 0.2) is 0 Å². The summed E-state index contributed by atoms with van der Waals surface area (Å²) in [5.41, 5.74) is 1.89. The van der Waals surface area contributed by atoms with E-state index in [9.17, 15) is 9.90 Å². The first-order chi connectivity index (χ1) is 11.6. The summed E-state index contributed by atoms with van der Waals surface area (Å²) < 4.78 is 11.1. The van der Waals surface area contributed by atoms with Crippen LogP contribution in [0.15, 0.2) is 35.7 Å². The number of thiophene rings is 1. The van der Waals surface area contributed by atoms with E-state index in [1.54, 1.807) is 24.5 Å². The van der Waals surface area contributed by atoms with E-state index in [-0.39, 0.29) is 6.10 Å². The van der Waals surface area contributed by atoms with Gasteiger partial charge >= 0.3 is 5.97 Å². The van der Waals surface area contributed by atoms with Crippen LogP contribution in [0.5, 0.6) is 5.75 Å². The van der Waals surface area contributed by atoms with Gasteiger partial charge in [-0.05, 0) is 41.8 Å². The summed E-state index contributed by atoms with van der Waals surface area (Å²) in [7, 11) is 3.40. The molecule has 2 atom stereocenters. The number of methoxy groups -OCH3 is 1. The van der Waals surface area contributed by atoms with E-state index >= 15 is 0 Å². The molecule has 5 nitrogen and oxygen atoms in total. The van der Waals surface area contributed by atoms with Crippen molar-refractivity contribution in [1.82, 2.24) is 4.90 Å². The van der Waals surface area contributed by atoms with Crippen molar-refractivity contribution in [1.29, 1.82) is 0 Å². The molecule has 2 aromatic rings. The molecule has 0 aliphatic carbocycles. The van der Waals surface area contributed by atoms with Crippen LogP contribution in [0.4, 0.5) is 0 Å². The number of rotatable bonds is 6. The topological polar surface area (TPSA) is 59.0 Å². The molecular weight excluding hydrogens is 326 g/mol. The number of aliphatic carboxylic acids is 1. The lowest BCUT2D eigenvalue weighted by molar-refractivity contribution is -0.143. The Bertz CT molecular complexity index is 715. The third-order valence-corrected chi connectivity index (χ3v) is 5.31. The third kappa shape index (κ3) is 3.45. The van der Waals surface area contributed by atoms with E-state index in [0.717, 1.165) is 6.42 Å². The van der Waals surface area contributed by atoms with Gasteiger partial charge in [-0.3, -0.25) is 9.69 Å². The molecule has 24 heavy (non-hydrogen) atoms. The summed E-state index contributed by atoms with van der Waals surface area (Å²) in [6, 6.07) is 8.55. The number of carboxylic acids is 1. The number of hydrogen-bond acceptors (Lipinski definition) is 5. The van der Waals surface area contributed by atoms with Crippen LogP contribution >= 0.6 is 11.3 Å². The lowest BCUT2D eigenvalue weighted by Crippen LogP contribution is -2.35. The van der Waals surface area contributed by atoms with Crippen molar-refractivity contribution in [2.24, 2.45) is 0 Å². The summed E-state index contributed by atoms with van der Waals surface area (Å²) in [6.07, 6.45) is 0.850. The highest BCUT2D eigenvalue weighted by Gasteiger charge is 2.30. The Hall–Kier alpha value is -1.89. The normalized spacial score (nSPS) is 18.2. The summed E-state index contributed by atoms with van der Waals surface area (Å²) >= 11 is 1.74. The fourth-order valence-corrected chi connectivity index (χ4v) is 4.06. The van der Waals surface area contributed by atoms with Gasteiger partial charge in [-0.15, -0.1) is 11.3 Å². The zero-order valence-corrected chi connectivity index (χ0v) is 14.6. The maximum Gasteiger partial charge on any atom is 0.325 e. The molecule has 1 N–H and O–H groups in total. The number of ether oxygens (including phenoxy) is 2. The van der Waals surface area contributed by atoms with Crippen molar-refractivity contribution in [3.05, 3.63) is 51.7 Å². The van der Waals surface area contributed by atoms with Crippen LogP contribution in [0.3, 0.4) is 0 Å². The molecule has 2 unspecified atom stereocenters. The van der Waals surface area contributed by atoms with Gasteiger partial charge in [0.1, 0.15) is 11.8 Å². The minimum atomic E-state index is -0.882. The summed E-state index contributed by atoms with van der Waals surface area (Å²) in [6.45, 7) is 1.21. The van der Waals surface area contributed by atoms with Gasteiger partial charge in [0.25, 0.3) is 0 Å². The molecule has 0 fully saturated rings. The van der Waals surface area contributed by atoms with Gasteiger partial charge in [-0.2, -0.15) is 0 Å². The standard InChI is InChI=1S/C18H21NO4S/c1-19(11-15-14-7-9-24-16(14)6-8-23-15)17(18(20)21)12-4-3-5-13(10-12)22-2/h3-5,7,9-10,15,17H,6,8,11H2,1-2H3,(H,20,21). The molecule has 1 aliphatic heterocycles. The minimum absolute atomic E-state index is 0.0857. The van der Waals surface area contributed by atoms with E-state index in [1.165, 1.54) is 10.4 Å². The highest BCUT2D eigenvalue weighted by Crippen LogP contribution is 2.33. The molecule has 0 saturated carbocycles. The number of carbonyl (C=O) groups is 1. The molecule has 0 radical (unpaired) electrons. The van der Waals surface area contributed by atoms with Crippen LogP contribution in [0.2, 0.25) is 0 Å². The van der Waals surface area contributed by atoms with E-state index in [1.807, 2.05) is 30.1 Å². The summed E-state index contributed by atoms with van der Waals surface area (Å²) in [5.74, 6) is -0.228. The number of nitrogens with zero attached hydrogens (tertiary/aromatic N) is 1. The van der Waals surface area contributed by atoms with Gasteiger partial charge in [-0.25, -0.2) is 0 Å². The molecule has 0 amide bonds. The van der Waals surface area contributed by atoms with Crippen LogP contribution in [-0.2, 0) is 16.0 Å². The Kier molecular flexibility index (Phi) is 5.18. The zero-order chi connectivity index (χ0) is 17.1. The second-order valence-electron chi connectivity index (χ2n) is 5.87. The molecule has 1 aromatic carbocycles. The van der Waals surface area contributed by atoms with Crippen LogP contribution in [0.25, 0.3) is 0 Å². The van der Waals surface area contributed by atoms with Crippen LogP contribution < -0.4 is 4.74 Å². The zero-order valence-electron chi connectivity index (χ0n) is 13.8. The number of carboxylic acid groups (broad SMARTS) is 1. The first kappa shape index (κ1) is 17.0. The molecule has 128 valence electrons. The van der Waals surface area contributed by atoms with Crippen molar-refractivity contribution >= 4 is 17.3 Å². The number of likely N-dealkylation sites (N-methyl/N-ethyl adjacent to an activating group) is 1. The predicted molar refractivity (Wildman–Crippen MR) is 92.7 cm³/mol. The number of benzene rings is 1. The molecular formula is C18H21NO4S. The maximum atomic E-state index is 11.9. The molecule has 6 heteroatoms. The molecule has 0 spiro atoms. The SMILES string of the molecule is COc1cccc(C(C(=O)O)N(C)CC2OCCc3sccc32)c1. The Balaban J connectivity index is 1.81. The van der Waals surface area contributed by atoms with Crippen LogP contribution in [0, 0.1) is 0 Å². The lowest BCUT2D eigenvalue weighted by atomic mass is 10.0. The van der Waals surface area contributed by atoms with Gasteiger partial charge < -0.3 is 14.6 Å². The van der Waals surface area contributed by atoms with Gasteiger partial charge in [0.05, 0.1) is 19.8 Å². The fourth-order valence-electron chi connectivity index (χ4n) is 3.14. The van der Waals surface area contributed by atoms with Gasteiger partial charge in [0, 0.05) is 17.8 Å². The highest BCUT2D eigenvalue weighted by molar-refractivity contribution is 7.10. The monoisotopic (exact) mass is 347 g/mol. The first-order valence-electron chi connectivity index (χ1n) is 7.85. The molecule has 1 aliphatic rings. The van der Waals surface area contributed by atoms with E-state index in [4.69, 9.17) is 9.47 Å². The molecule has 2 heterocycles. The molecule has 3 rings (SSSR count). The molecule has 0 bridgehead atoms. The van der Waals surface area contributed by atoms with Crippen LogP contribution in [-0.4, -0.2) is 43.3 Å². The number of fused-ring (bicyclic) bond motifs is 1. The smallest absolute Gasteiger partial charge is 0.325 e. The van der Waals surface area contributed by atoms with E-state index in [0.29, 0.717) is 24.5 Å². The largest absolute Gasteiger partial charge is 0.497 e. The third-order valence-electron chi connectivity index (χ3n) is 4.31. The molecule has 1 aromatic heterocycles.